The van der Waals surface area contributed by atoms with Gasteiger partial charge in [-0.3, -0.25) is 4.90 Å². The summed E-state index contributed by atoms with van der Waals surface area (Å²) in [6.07, 6.45) is 2.25. The third-order valence-corrected chi connectivity index (χ3v) is 3.46. The number of nitrogens with two attached hydrogens (primary N) is 1. The molecule has 0 bridgehead atoms. The number of hydrogen-bond donors (Lipinski definition) is 1. The Morgan fingerprint density at radius 2 is 2.44 bits per heavy atom. The maximum atomic E-state index is 6.09. The Labute approximate surface area is 96.8 Å². The molecule has 1 fully saturated rings. The van der Waals surface area contributed by atoms with Gasteiger partial charge >= 0.3 is 0 Å². The van der Waals surface area contributed by atoms with Crippen molar-refractivity contribution in [3.63, 3.8) is 0 Å². The van der Waals surface area contributed by atoms with Crippen LogP contribution in [-0.2, 0) is 6.54 Å². The van der Waals surface area contributed by atoms with Crippen molar-refractivity contribution in [1.29, 1.82) is 0 Å². The maximum absolute atomic E-state index is 6.09. The summed E-state index contributed by atoms with van der Waals surface area (Å²) >= 11 is 0. The lowest BCUT2D eigenvalue weighted by Gasteiger charge is -2.35. The van der Waals surface area contributed by atoms with Gasteiger partial charge in [0.25, 0.3) is 0 Å². The van der Waals surface area contributed by atoms with Gasteiger partial charge in [-0.1, -0.05) is 18.5 Å². The summed E-state index contributed by atoms with van der Waals surface area (Å²) in [5, 5.41) is 3.91. The van der Waals surface area contributed by atoms with Crippen LogP contribution in [0.25, 0.3) is 0 Å². The lowest BCUT2D eigenvalue weighted by Crippen LogP contribution is -2.46. The summed E-state index contributed by atoms with van der Waals surface area (Å²) in [6, 6.07) is 2.38. The van der Waals surface area contributed by atoms with E-state index in [0.717, 1.165) is 43.9 Å². The van der Waals surface area contributed by atoms with Crippen LogP contribution in [0.3, 0.4) is 0 Å². The number of nitrogens with zero attached hydrogens (tertiary/aromatic N) is 2. The first kappa shape index (κ1) is 11.6. The topological polar surface area (TPSA) is 55.3 Å². The molecule has 1 saturated heterocycles. The maximum Gasteiger partial charge on any atom is 0.150 e. The zero-order chi connectivity index (χ0) is 11.5. The SMILES string of the molecule is CCC1CN(Cc2cc(C)no2)CCC1N. The molecule has 2 rings (SSSR count). The standard InChI is InChI=1S/C12H21N3O/c1-3-10-7-15(5-4-12(10)13)8-11-6-9(2)14-16-11/h6,10,12H,3-5,7-8,13H2,1-2H3. The van der Waals surface area contributed by atoms with Crippen LogP contribution in [0, 0.1) is 12.8 Å². The van der Waals surface area contributed by atoms with Crippen LogP contribution in [0.5, 0.6) is 0 Å². The third-order valence-electron chi connectivity index (χ3n) is 3.46. The van der Waals surface area contributed by atoms with Crippen LogP contribution in [0.1, 0.15) is 31.2 Å². The summed E-state index contributed by atoms with van der Waals surface area (Å²) < 4.78 is 5.24. The average molecular weight is 223 g/mol. The second kappa shape index (κ2) is 4.97. The summed E-state index contributed by atoms with van der Waals surface area (Å²) in [5.41, 5.74) is 7.04. The minimum atomic E-state index is 0.373. The van der Waals surface area contributed by atoms with Gasteiger partial charge in [-0.15, -0.1) is 0 Å². The summed E-state index contributed by atoms with van der Waals surface area (Å²) in [7, 11) is 0. The smallest absolute Gasteiger partial charge is 0.150 e. The van der Waals surface area contributed by atoms with Gasteiger partial charge in [0.2, 0.25) is 0 Å². The Hall–Kier alpha value is -0.870. The normalized spacial score (nSPS) is 27.2. The van der Waals surface area contributed by atoms with Gasteiger partial charge in [0.05, 0.1) is 12.2 Å². The van der Waals surface area contributed by atoms with Crippen LogP contribution >= 0.6 is 0 Å². The first-order chi connectivity index (χ1) is 7.69. The summed E-state index contributed by atoms with van der Waals surface area (Å²) in [5.74, 6) is 1.58. The van der Waals surface area contributed by atoms with Crippen molar-refractivity contribution in [2.75, 3.05) is 13.1 Å². The predicted octanol–water partition coefficient (Wildman–Crippen LogP) is 1.54. The van der Waals surface area contributed by atoms with E-state index >= 15 is 0 Å². The molecule has 90 valence electrons. The molecular formula is C12H21N3O. The molecule has 0 aromatic carbocycles. The molecule has 4 nitrogen and oxygen atoms in total. The van der Waals surface area contributed by atoms with Gasteiger partial charge in [-0.25, -0.2) is 0 Å². The zero-order valence-corrected chi connectivity index (χ0v) is 10.1. The highest BCUT2D eigenvalue weighted by molar-refractivity contribution is 5.03. The molecule has 0 spiro atoms. The minimum Gasteiger partial charge on any atom is -0.360 e. The molecule has 0 amide bonds. The average Bonchev–Trinajstić information content (AvgIpc) is 2.67. The second-order valence-corrected chi connectivity index (χ2v) is 4.79. The van der Waals surface area contributed by atoms with E-state index < -0.39 is 0 Å². The highest BCUT2D eigenvalue weighted by Gasteiger charge is 2.25. The Morgan fingerprint density at radius 3 is 3.06 bits per heavy atom. The molecule has 16 heavy (non-hydrogen) atoms. The van der Waals surface area contributed by atoms with Crippen LogP contribution in [-0.4, -0.2) is 29.2 Å². The predicted molar refractivity (Wildman–Crippen MR) is 62.9 cm³/mol. The molecule has 2 atom stereocenters. The van der Waals surface area contributed by atoms with E-state index in [0.29, 0.717) is 12.0 Å². The van der Waals surface area contributed by atoms with Gasteiger partial charge < -0.3 is 10.3 Å². The fourth-order valence-electron chi connectivity index (χ4n) is 2.41. The molecule has 2 unspecified atom stereocenters. The molecule has 0 radical (unpaired) electrons. The monoisotopic (exact) mass is 223 g/mol. The van der Waals surface area contributed by atoms with Gasteiger partial charge in [-0.2, -0.15) is 0 Å². The molecular weight excluding hydrogens is 202 g/mol. The zero-order valence-electron chi connectivity index (χ0n) is 10.1. The molecule has 1 aliphatic rings. The summed E-state index contributed by atoms with van der Waals surface area (Å²) in [4.78, 5) is 2.41. The first-order valence-corrected chi connectivity index (χ1v) is 6.09. The Morgan fingerprint density at radius 1 is 1.62 bits per heavy atom. The third kappa shape index (κ3) is 2.62. The molecule has 1 aliphatic heterocycles. The minimum absolute atomic E-state index is 0.373. The van der Waals surface area contributed by atoms with Crippen molar-refractivity contribution < 1.29 is 4.52 Å². The fraction of sp³-hybridized carbons (Fsp3) is 0.750. The summed E-state index contributed by atoms with van der Waals surface area (Å²) in [6.45, 7) is 7.18. The van der Waals surface area contributed by atoms with E-state index in [9.17, 15) is 0 Å². The van der Waals surface area contributed by atoms with E-state index in [1.165, 1.54) is 0 Å². The lowest BCUT2D eigenvalue weighted by molar-refractivity contribution is 0.133. The largest absolute Gasteiger partial charge is 0.360 e. The van der Waals surface area contributed by atoms with Crippen molar-refractivity contribution in [3.8, 4) is 0 Å². The quantitative estimate of drug-likeness (QED) is 0.844. The van der Waals surface area contributed by atoms with Crippen LogP contribution in [0.4, 0.5) is 0 Å². The van der Waals surface area contributed by atoms with Crippen molar-refractivity contribution in [1.82, 2.24) is 10.1 Å². The first-order valence-electron chi connectivity index (χ1n) is 6.09. The van der Waals surface area contributed by atoms with Gasteiger partial charge in [-0.05, 0) is 19.3 Å². The van der Waals surface area contributed by atoms with Crippen molar-refractivity contribution in [3.05, 3.63) is 17.5 Å². The molecule has 1 aromatic heterocycles. The Kier molecular flexibility index (Phi) is 3.61. The van der Waals surface area contributed by atoms with E-state index in [2.05, 4.69) is 17.0 Å². The van der Waals surface area contributed by atoms with Crippen molar-refractivity contribution in [2.24, 2.45) is 11.7 Å². The van der Waals surface area contributed by atoms with Crippen molar-refractivity contribution >= 4 is 0 Å². The van der Waals surface area contributed by atoms with Gasteiger partial charge in [0.1, 0.15) is 0 Å². The highest BCUT2D eigenvalue weighted by Crippen LogP contribution is 2.20. The Bertz CT molecular complexity index is 337. The van der Waals surface area contributed by atoms with Crippen LogP contribution < -0.4 is 5.73 Å². The number of piperidine rings is 1. The van der Waals surface area contributed by atoms with E-state index in [1.807, 2.05) is 13.0 Å². The highest BCUT2D eigenvalue weighted by atomic mass is 16.5. The van der Waals surface area contributed by atoms with Crippen molar-refractivity contribution in [2.45, 2.75) is 39.3 Å². The van der Waals surface area contributed by atoms with Crippen LogP contribution in [0.15, 0.2) is 10.6 Å². The Balaban J connectivity index is 1.91. The molecule has 2 N–H and O–H groups in total. The van der Waals surface area contributed by atoms with E-state index in [4.69, 9.17) is 10.3 Å². The van der Waals surface area contributed by atoms with Gasteiger partial charge in [0, 0.05) is 25.2 Å². The number of likely N-dealkylation sites (tertiary alicyclic amines) is 1. The number of rotatable bonds is 3. The molecule has 2 heterocycles. The molecule has 0 saturated carbocycles. The van der Waals surface area contributed by atoms with Crippen LogP contribution in [0.2, 0.25) is 0 Å². The van der Waals surface area contributed by atoms with E-state index in [1.54, 1.807) is 0 Å². The molecule has 4 heteroatoms. The second-order valence-electron chi connectivity index (χ2n) is 4.79. The van der Waals surface area contributed by atoms with E-state index in [-0.39, 0.29) is 0 Å². The molecule has 0 aliphatic carbocycles. The lowest BCUT2D eigenvalue weighted by atomic mass is 9.91. The fourth-order valence-corrected chi connectivity index (χ4v) is 2.41. The molecule has 1 aromatic rings. The number of aromatic nitrogens is 1. The number of hydrogen-bond acceptors (Lipinski definition) is 4. The van der Waals surface area contributed by atoms with Gasteiger partial charge in [0.15, 0.2) is 5.76 Å². The number of aryl methyl sites for hydroxylation is 1.